The topological polar surface area (TPSA) is 27.7 Å². The summed E-state index contributed by atoms with van der Waals surface area (Å²) in [5.41, 5.74) is 0. The van der Waals surface area contributed by atoms with Crippen LogP contribution >= 0.6 is 0 Å². The van der Waals surface area contributed by atoms with Gasteiger partial charge in [-0.2, -0.15) is 0 Å². The van der Waals surface area contributed by atoms with Crippen molar-refractivity contribution in [2.24, 2.45) is 0 Å². The summed E-state index contributed by atoms with van der Waals surface area (Å²) in [4.78, 5) is 0. The standard InChI is InChI=1S/C6H18O3Si2/c1-2-7-5-3-4-6-8-11-9-10/h2-6,11H2,1,10H3. The van der Waals surface area contributed by atoms with Crippen molar-refractivity contribution in [2.75, 3.05) is 19.8 Å². The zero-order chi connectivity index (χ0) is 8.36. The first-order valence-corrected chi connectivity index (χ1v) is 6.03. The summed E-state index contributed by atoms with van der Waals surface area (Å²) in [6, 6.07) is 0. The Morgan fingerprint density at radius 3 is 2.64 bits per heavy atom. The molecule has 11 heavy (non-hydrogen) atoms. The highest BCUT2D eigenvalue weighted by atomic mass is 28.3. The van der Waals surface area contributed by atoms with Crippen LogP contribution in [0.5, 0.6) is 0 Å². The lowest BCUT2D eigenvalue weighted by atomic mass is 10.3. The van der Waals surface area contributed by atoms with Crippen LogP contribution in [0.25, 0.3) is 0 Å². The Bertz CT molecular complexity index is 64.8. The molecular formula is C6H18O3Si2. The van der Waals surface area contributed by atoms with Crippen LogP contribution in [0.3, 0.4) is 0 Å². The molecule has 0 aliphatic rings. The van der Waals surface area contributed by atoms with Crippen molar-refractivity contribution in [3.05, 3.63) is 0 Å². The van der Waals surface area contributed by atoms with Crippen LogP contribution < -0.4 is 0 Å². The predicted octanol–water partition coefficient (Wildman–Crippen LogP) is -0.885. The second-order valence-electron chi connectivity index (χ2n) is 2.22. The van der Waals surface area contributed by atoms with E-state index in [2.05, 4.69) is 0 Å². The molecule has 0 heterocycles. The molecule has 3 nitrogen and oxygen atoms in total. The molecule has 0 amide bonds. The van der Waals surface area contributed by atoms with E-state index in [4.69, 9.17) is 13.3 Å². The summed E-state index contributed by atoms with van der Waals surface area (Å²) in [6.07, 6.45) is 2.20. The van der Waals surface area contributed by atoms with Gasteiger partial charge in [-0.1, -0.05) is 0 Å². The molecule has 0 aliphatic carbocycles. The fourth-order valence-corrected chi connectivity index (χ4v) is 1.68. The molecule has 0 bridgehead atoms. The van der Waals surface area contributed by atoms with Crippen molar-refractivity contribution in [1.82, 2.24) is 0 Å². The normalized spacial score (nSPS) is 11.7. The first-order chi connectivity index (χ1) is 5.41. The van der Waals surface area contributed by atoms with E-state index in [1.807, 2.05) is 6.92 Å². The molecule has 0 aromatic rings. The Kier molecular flexibility index (Phi) is 10.6. The average Bonchev–Trinajstić information content (AvgIpc) is 2.03. The fraction of sp³-hybridized carbons (Fsp3) is 1.00. The highest BCUT2D eigenvalue weighted by molar-refractivity contribution is 6.27. The van der Waals surface area contributed by atoms with Gasteiger partial charge in [0.1, 0.15) is 10.5 Å². The monoisotopic (exact) mass is 194 g/mol. The summed E-state index contributed by atoms with van der Waals surface area (Å²) in [5, 5.41) is 0. The maximum Gasteiger partial charge on any atom is 0.293 e. The van der Waals surface area contributed by atoms with Crippen LogP contribution in [0.4, 0.5) is 0 Å². The summed E-state index contributed by atoms with van der Waals surface area (Å²) >= 11 is 0. The molecule has 0 atom stereocenters. The van der Waals surface area contributed by atoms with Gasteiger partial charge in [0.05, 0.1) is 0 Å². The maximum atomic E-state index is 5.26. The Labute approximate surface area is 74.0 Å². The molecule has 68 valence electrons. The molecule has 0 aliphatic heterocycles. The van der Waals surface area contributed by atoms with Crippen molar-refractivity contribution >= 4 is 20.5 Å². The first kappa shape index (κ1) is 11.3. The average molecular weight is 194 g/mol. The summed E-state index contributed by atoms with van der Waals surface area (Å²) in [5.74, 6) is 0. The van der Waals surface area contributed by atoms with Crippen molar-refractivity contribution in [3.8, 4) is 0 Å². The largest absolute Gasteiger partial charge is 0.449 e. The van der Waals surface area contributed by atoms with Crippen molar-refractivity contribution in [1.29, 1.82) is 0 Å². The van der Waals surface area contributed by atoms with Gasteiger partial charge < -0.3 is 13.3 Å². The van der Waals surface area contributed by atoms with Gasteiger partial charge in [-0.25, -0.2) is 0 Å². The van der Waals surface area contributed by atoms with E-state index < -0.39 is 10.0 Å². The quantitative estimate of drug-likeness (QED) is 0.371. The van der Waals surface area contributed by atoms with Gasteiger partial charge in [0, 0.05) is 19.8 Å². The van der Waals surface area contributed by atoms with Crippen LogP contribution in [0.15, 0.2) is 0 Å². The SMILES string of the molecule is CCOCCCCO[SiH2]O[SiH3]. The third kappa shape index (κ3) is 10.3. The number of hydrogen-bond donors (Lipinski definition) is 0. The molecule has 0 unspecified atom stereocenters. The second-order valence-corrected chi connectivity index (χ2v) is 5.17. The zero-order valence-electron chi connectivity index (χ0n) is 7.47. The molecule has 0 fully saturated rings. The summed E-state index contributed by atoms with van der Waals surface area (Å²) in [6.45, 7) is 4.54. The molecular weight excluding hydrogens is 176 g/mol. The van der Waals surface area contributed by atoms with Crippen LogP contribution in [-0.4, -0.2) is 40.3 Å². The fourth-order valence-electron chi connectivity index (χ4n) is 0.695. The Morgan fingerprint density at radius 1 is 1.27 bits per heavy atom. The van der Waals surface area contributed by atoms with E-state index in [0.29, 0.717) is 0 Å². The van der Waals surface area contributed by atoms with E-state index in [9.17, 15) is 0 Å². The van der Waals surface area contributed by atoms with Gasteiger partial charge in [0.25, 0.3) is 10.0 Å². The lowest BCUT2D eigenvalue weighted by molar-refractivity contribution is 0.138. The molecule has 0 aromatic carbocycles. The number of rotatable bonds is 8. The molecule has 0 rings (SSSR count). The lowest BCUT2D eigenvalue weighted by Gasteiger charge is -2.02. The molecule has 0 saturated heterocycles. The van der Waals surface area contributed by atoms with E-state index in [1.54, 1.807) is 0 Å². The Balaban J connectivity index is 2.69. The van der Waals surface area contributed by atoms with Crippen molar-refractivity contribution in [3.63, 3.8) is 0 Å². The summed E-state index contributed by atoms with van der Waals surface area (Å²) in [7, 11) is 0.224. The van der Waals surface area contributed by atoms with Crippen LogP contribution in [0, 0.1) is 0 Å². The zero-order valence-corrected chi connectivity index (χ0v) is 10.9. The highest BCUT2D eigenvalue weighted by Gasteiger charge is 1.88. The van der Waals surface area contributed by atoms with Crippen LogP contribution in [-0.2, 0) is 13.3 Å². The summed E-state index contributed by atoms with van der Waals surface area (Å²) < 4.78 is 15.4. The van der Waals surface area contributed by atoms with E-state index >= 15 is 0 Å². The van der Waals surface area contributed by atoms with Crippen LogP contribution in [0.2, 0.25) is 0 Å². The minimum absolute atomic E-state index is 0.597. The molecule has 5 heteroatoms. The molecule has 0 aromatic heterocycles. The molecule has 0 N–H and O–H groups in total. The Morgan fingerprint density at radius 2 is 2.00 bits per heavy atom. The predicted molar refractivity (Wildman–Crippen MR) is 51.2 cm³/mol. The van der Waals surface area contributed by atoms with Gasteiger partial charge in [-0.05, 0) is 19.8 Å². The minimum Gasteiger partial charge on any atom is -0.449 e. The molecule has 0 radical (unpaired) electrons. The Hall–Kier alpha value is 0.314. The van der Waals surface area contributed by atoms with Crippen LogP contribution in [0.1, 0.15) is 19.8 Å². The van der Waals surface area contributed by atoms with Gasteiger partial charge >= 0.3 is 0 Å². The number of hydrogen-bond acceptors (Lipinski definition) is 3. The van der Waals surface area contributed by atoms with Gasteiger partial charge in [-0.3, -0.25) is 0 Å². The van der Waals surface area contributed by atoms with E-state index in [0.717, 1.165) is 43.1 Å². The van der Waals surface area contributed by atoms with Gasteiger partial charge in [-0.15, -0.1) is 0 Å². The first-order valence-electron chi connectivity index (χ1n) is 4.06. The van der Waals surface area contributed by atoms with Crippen molar-refractivity contribution < 1.29 is 13.3 Å². The molecule has 0 spiro atoms. The van der Waals surface area contributed by atoms with Crippen molar-refractivity contribution in [2.45, 2.75) is 19.8 Å². The molecule has 0 saturated carbocycles. The van der Waals surface area contributed by atoms with E-state index in [-0.39, 0.29) is 0 Å². The smallest absolute Gasteiger partial charge is 0.293 e. The number of unbranched alkanes of at least 4 members (excludes halogenated alkanes) is 1. The van der Waals surface area contributed by atoms with E-state index in [1.165, 1.54) is 0 Å². The third-order valence-corrected chi connectivity index (χ3v) is 2.63. The van der Waals surface area contributed by atoms with Gasteiger partial charge in [0.15, 0.2) is 0 Å². The lowest BCUT2D eigenvalue weighted by Crippen LogP contribution is -2.04. The maximum absolute atomic E-state index is 5.26. The minimum atomic E-state index is -0.597. The second kappa shape index (κ2) is 10.3. The highest BCUT2D eigenvalue weighted by Crippen LogP contribution is 1.90. The van der Waals surface area contributed by atoms with Gasteiger partial charge in [0.2, 0.25) is 0 Å². The number of ether oxygens (including phenoxy) is 1. The third-order valence-electron chi connectivity index (χ3n) is 1.23.